The predicted octanol–water partition coefficient (Wildman–Crippen LogP) is 5.70. The van der Waals surface area contributed by atoms with Crippen LogP contribution in [0.25, 0.3) is 0 Å². The lowest BCUT2D eigenvalue weighted by atomic mass is 9.97. The molecular formula is C22H23N. The molecule has 116 valence electrons. The second kappa shape index (κ2) is 7.15. The molecule has 1 atom stereocenters. The highest BCUT2D eigenvalue weighted by Crippen LogP contribution is 2.27. The first-order chi connectivity index (χ1) is 11.2. The molecule has 1 unspecified atom stereocenters. The van der Waals surface area contributed by atoms with Gasteiger partial charge in [-0.2, -0.15) is 0 Å². The number of nitrogens with one attached hydrogen (secondary N) is 1. The van der Waals surface area contributed by atoms with Crippen LogP contribution < -0.4 is 5.32 Å². The molecule has 0 fully saturated rings. The third-order valence-corrected chi connectivity index (χ3v) is 4.28. The van der Waals surface area contributed by atoms with Crippen molar-refractivity contribution in [2.24, 2.45) is 0 Å². The SMILES string of the molecule is Cc1cccc(C)c1NC(Cc1ccccc1)c1ccccc1. The van der Waals surface area contributed by atoms with Crippen molar-refractivity contribution in [1.29, 1.82) is 0 Å². The third kappa shape index (κ3) is 3.81. The van der Waals surface area contributed by atoms with Gasteiger partial charge in [0.05, 0.1) is 6.04 Å². The molecule has 0 aliphatic heterocycles. The summed E-state index contributed by atoms with van der Waals surface area (Å²) < 4.78 is 0. The van der Waals surface area contributed by atoms with Crippen molar-refractivity contribution in [2.75, 3.05) is 5.32 Å². The summed E-state index contributed by atoms with van der Waals surface area (Å²) in [4.78, 5) is 0. The Morgan fingerprint density at radius 2 is 1.26 bits per heavy atom. The fourth-order valence-electron chi connectivity index (χ4n) is 3.00. The summed E-state index contributed by atoms with van der Waals surface area (Å²) >= 11 is 0. The lowest BCUT2D eigenvalue weighted by Gasteiger charge is -2.23. The molecule has 0 saturated heterocycles. The van der Waals surface area contributed by atoms with E-state index in [9.17, 15) is 0 Å². The maximum Gasteiger partial charge on any atom is 0.0554 e. The normalized spacial score (nSPS) is 11.9. The molecule has 0 aliphatic rings. The van der Waals surface area contributed by atoms with E-state index in [0.29, 0.717) is 0 Å². The first-order valence-electron chi connectivity index (χ1n) is 8.15. The molecule has 3 rings (SSSR count). The van der Waals surface area contributed by atoms with Gasteiger partial charge < -0.3 is 5.32 Å². The lowest BCUT2D eigenvalue weighted by molar-refractivity contribution is 0.773. The Morgan fingerprint density at radius 3 is 1.87 bits per heavy atom. The van der Waals surface area contributed by atoms with Gasteiger partial charge in [-0.25, -0.2) is 0 Å². The predicted molar refractivity (Wildman–Crippen MR) is 98.9 cm³/mol. The van der Waals surface area contributed by atoms with E-state index in [-0.39, 0.29) is 6.04 Å². The molecular weight excluding hydrogens is 278 g/mol. The fourth-order valence-corrected chi connectivity index (χ4v) is 3.00. The van der Waals surface area contributed by atoms with Gasteiger partial charge >= 0.3 is 0 Å². The summed E-state index contributed by atoms with van der Waals surface area (Å²) in [5.74, 6) is 0. The topological polar surface area (TPSA) is 12.0 Å². The minimum absolute atomic E-state index is 0.262. The quantitative estimate of drug-likeness (QED) is 0.637. The number of hydrogen-bond donors (Lipinski definition) is 1. The number of benzene rings is 3. The number of hydrogen-bond acceptors (Lipinski definition) is 1. The summed E-state index contributed by atoms with van der Waals surface area (Å²) in [6, 6.07) is 28.1. The van der Waals surface area contributed by atoms with E-state index in [4.69, 9.17) is 0 Å². The Morgan fingerprint density at radius 1 is 0.696 bits per heavy atom. The maximum absolute atomic E-state index is 3.78. The van der Waals surface area contributed by atoms with Crippen molar-refractivity contribution in [1.82, 2.24) is 0 Å². The molecule has 1 heteroatoms. The number of para-hydroxylation sites is 1. The van der Waals surface area contributed by atoms with Crippen LogP contribution in [0.4, 0.5) is 5.69 Å². The Labute approximate surface area is 139 Å². The molecule has 1 nitrogen and oxygen atoms in total. The van der Waals surface area contributed by atoms with Gasteiger partial charge in [-0.15, -0.1) is 0 Å². The molecule has 1 N–H and O–H groups in total. The Balaban J connectivity index is 1.92. The highest BCUT2D eigenvalue weighted by Gasteiger charge is 2.14. The Hall–Kier alpha value is -2.54. The summed E-state index contributed by atoms with van der Waals surface area (Å²) in [7, 11) is 0. The zero-order valence-corrected chi connectivity index (χ0v) is 13.8. The van der Waals surface area contributed by atoms with Crippen LogP contribution in [0.15, 0.2) is 78.9 Å². The first-order valence-corrected chi connectivity index (χ1v) is 8.15. The van der Waals surface area contributed by atoms with Crippen molar-refractivity contribution in [2.45, 2.75) is 26.3 Å². The molecule has 0 aliphatic carbocycles. The summed E-state index contributed by atoms with van der Waals surface area (Å²) in [6.07, 6.45) is 0.971. The van der Waals surface area contributed by atoms with Crippen molar-refractivity contribution in [3.05, 3.63) is 101 Å². The van der Waals surface area contributed by atoms with Gasteiger partial charge in [0.2, 0.25) is 0 Å². The zero-order valence-electron chi connectivity index (χ0n) is 13.8. The average molecular weight is 301 g/mol. The second-order valence-corrected chi connectivity index (χ2v) is 6.06. The van der Waals surface area contributed by atoms with Gasteiger partial charge in [0.15, 0.2) is 0 Å². The van der Waals surface area contributed by atoms with E-state index >= 15 is 0 Å². The largest absolute Gasteiger partial charge is 0.377 e. The van der Waals surface area contributed by atoms with Gasteiger partial charge in [-0.05, 0) is 42.5 Å². The van der Waals surface area contributed by atoms with Crippen LogP contribution >= 0.6 is 0 Å². The van der Waals surface area contributed by atoms with Gasteiger partial charge in [0.25, 0.3) is 0 Å². The lowest BCUT2D eigenvalue weighted by Crippen LogP contribution is -2.15. The molecule has 0 spiro atoms. The van der Waals surface area contributed by atoms with Gasteiger partial charge in [-0.3, -0.25) is 0 Å². The van der Waals surface area contributed by atoms with E-state index in [2.05, 4.69) is 98.0 Å². The van der Waals surface area contributed by atoms with Crippen LogP contribution in [0.2, 0.25) is 0 Å². The fraction of sp³-hybridized carbons (Fsp3) is 0.182. The van der Waals surface area contributed by atoms with Crippen LogP contribution in [-0.4, -0.2) is 0 Å². The first kappa shape index (κ1) is 15.4. The molecule has 3 aromatic rings. The minimum Gasteiger partial charge on any atom is -0.377 e. The standard InChI is InChI=1S/C22H23N/c1-17-10-9-11-18(2)22(17)23-21(20-14-7-4-8-15-20)16-19-12-5-3-6-13-19/h3-15,21,23H,16H2,1-2H3. The molecule has 0 bridgehead atoms. The number of rotatable bonds is 5. The van der Waals surface area contributed by atoms with E-state index in [1.807, 2.05) is 0 Å². The molecule has 0 heterocycles. The Bertz CT molecular complexity index is 727. The molecule has 0 amide bonds. The summed E-state index contributed by atoms with van der Waals surface area (Å²) in [5.41, 5.74) is 6.49. The van der Waals surface area contributed by atoms with Crippen LogP contribution in [0.3, 0.4) is 0 Å². The van der Waals surface area contributed by atoms with Crippen LogP contribution in [0.5, 0.6) is 0 Å². The second-order valence-electron chi connectivity index (χ2n) is 6.06. The van der Waals surface area contributed by atoms with Gasteiger partial charge in [0.1, 0.15) is 0 Å². The number of aryl methyl sites for hydroxylation is 2. The molecule has 3 aromatic carbocycles. The van der Waals surface area contributed by atoms with E-state index in [1.165, 1.54) is 27.9 Å². The van der Waals surface area contributed by atoms with Gasteiger partial charge in [0, 0.05) is 5.69 Å². The van der Waals surface area contributed by atoms with E-state index < -0.39 is 0 Å². The van der Waals surface area contributed by atoms with Gasteiger partial charge in [-0.1, -0.05) is 78.9 Å². The highest BCUT2D eigenvalue weighted by atomic mass is 14.9. The van der Waals surface area contributed by atoms with Crippen molar-refractivity contribution in [3.8, 4) is 0 Å². The summed E-state index contributed by atoms with van der Waals surface area (Å²) in [5, 5.41) is 3.78. The van der Waals surface area contributed by atoms with E-state index in [0.717, 1.165) is 6.42 Å². The highest BCUT2D eigenvalue weighted by molar-refractivity contribution is 5.58. The zero-order chi connectivity index (χ0) is 16.1. The minimum atomic E-state index is 0.262. The smallest absolute Gasteiger partial charge is 0.0554 e. The van der Waals surface area contributed by atoms with Crippen LogP contribution in [0, 0.1) is 13.8 Å². The molecule has 0 aromatic heterocycles. The monoisotopic (exact) mass is 301 g/mol. The average Bonchev–Trinajstić information content (AvgIpc) is 2.59. The maximum atomic E-state index is 3.78. The van der Waals surface area contributed by atoms with Crippen molar-refractivity contribution < 1.29 is 0 Å². The van der Waals surface area contributed by atoms with Crippen LogP contribution in [-0.2, 0) is 6.42 Å². The molecule has 0 radical (unpaired) electrons. The van der Waals surface area contributed by atoms with Crippen molar-refractivity contribution >= 4 is 5.69 Å². The molecule has 23 heavy (non-hydrogen) atoms. The van der Waals surface area contributed by atoms with E-state index in [1.54, 1.807) is 0 Å². The number of anilines is 1. The summed E-state index contributed by atoms with van der Waals surface area (Å²) in [6.45, 7) is 4.33. The van der Waals surface area contributed by atoms with Crippen molar-refractivity contribution in [3.63, 3.8) is 0 Å². The molecule has 0 saturated carbocycles. The van der Waals surface area contributed by atoms with Crippen LogP contribution in [0.1, 0.15) is 28.3 Å². The Kier molecular flexibility index (Phi) is 4.77. The third-order valence-electron chi connectivity index (χ3n) is 4.28.